The minimum Gasteiger partial charge on any atom is -0.308 e. The van der Waals surface area contributed by atoms with Gasteiger partial charge in [-0.1, -0.05) is 60.7 Å². The summed E-state index contributed by atoms with van der Waals surface area (Å²) in [6.07, 6.45) is 7.21. The number of rotatable bonds is 4. The first kappa shape index (κ1) is 17.0. The molecule has 0 aliphatic carbocycles. The summed E-state index contributed by atoms with van der Waals surface area (Å²) in [7, 11) is 0. The van der Waals surface area contributed by atoms with Crippen molar-refractivity contribution in [2.24, 2.45) is 0 Å². The lowest BCUT2D eigenvalue weighted by Crippen LogP contribution is -2.69. The Labute approximate surface area is 157 Å². The normalized spacial score (nSPS) is 22.0. The topological polar surface area (TPSA) is 57.7 Å². The number of carbonyl (C=O) groups excluding carboxylic acids is 3. The molecule has 2 aromatic rings. The van der Waals surface area contributed by atoms with Gasteiger partial charge in [0.25, 0.3) is 17.7 Å². The molecule has 4 rings (SSSR count). The smallest absolute Gasteiger partial charge is 0.262 e. The number of hydrogen-bond acceptors (Lipinski definition) is 3. The zero-order valence-electron chi connectivity index (χ0n) is 14.8. The summed E-state index contributed by atoms with van der Waals surface area (Å²) in [5, 5.41) is 0. The van der Waals surface area contributed by atoms with Crippen LogP contribution in [0.15, 0.2) is 72.9 Å². The lowest BCUT2D eigenvalue weighted by molar-refractivity contribution is -0.147. The van der Waals surface area contributed by atoms with Crippen molar-refractivity contribution in [3.63, 3.8) is 0 Å². The van der Waals surface area contributed by atoms with Crippen molar-refractivity contribution in [3.05, 3.63) is 89.6 Å². The van der Waals surface area contributed by atoms with Gasteiger partial charge in [0.15, 0.2) is 0 Å². The van der Waals surface area contributed by atoms with Crippen LogP contribution in [0.4, 0.5) is 0 Å². The maximum atomic E-state index is 12.8. The predicted octanol–water partition coefficient (Wildman–Crippen LogP) is 3.11. The number of benzene rings is 2. The Bertz CT molecular complexity index is 943. The van der Waals surface area contributed by atoms with Gasteiger partial charge in [-0.2, -0.15) is 0 Å². The Morgan fingerprint density at radius 1 is 0.852 bits per heavy atom. The molecule has 0 unspecified atom stereocenters. The van der Waals surface area contributed by atoms with Gasteiger partial charge in [0.2, 0.25) is 0 Å². The molecular formula is C22H18N2O3. The van der Waals surface area contributed by atoms with Crippen LogP contribution in [0.2, 0.25) is 0 Å². The average molecular weight is 358 g/mol. The molecule has 5 nitrogen and oxygen atoms in total. The minimum atomic E-state index is -0.825. The number of allylic oxidation sites excluding steroid dienone is 1. The molecule has 3 amide bonds. The van der Waals surface area contributed by atoms with Crippen molar-refractivity contribution in [2.75, 3.05) is 0 Å². The number of hydrogen-bond donors (Lipinski definition) is 0. The molecular weight excluding hydrogens is 340 g/mol. The van der Waals surface area contributed by atoms with Gasteiger partial charge in [0, 0.05) is 6.20 Å². The monoisotopic (exact) mass is 358 g/mol. The van der Waals surface area contributed by atoms with E-state index < -0.39 is 23.9 Å². The van der Waals surface area contributed by atoms with Crippen LogP contribution in [-0.2, 0) is 4.79 Å². The molecule has 2 atom stereocenters. The number of nitrogens with zero attached hydrogens (tertiary/aromatic N) is 2. The highest BCUT2D eigenvalue weighted by molar-refractivity contribution is 6.23. The SMILES string of the molecule is C/C=C/N1C(=O)[C@@H](N2C(=O)c3ccccc3C2=O)[C@H]1/C=C/c1ccccc1. The van der Waals surface area contributed by atoms with E-state index in [0.717, 1.165) is 10.5 Å². The number of amides is 3. The largest absolute Gasteiger partial charge is 0.308 e. The molecule has 2 heterocycles. The van der Waals surface area contributed by atoms with Gasteiger partial charge >= 0.3 is 0 Å². The number of likely N-dealkylation sites (tertiary alicyclic amines) is 1. The molecule has 2 aliphatic heterocycles. The maximum Gasteiger partial charge on any atom is 0.262 e. The standard InChI is InChI=1S/C22H18N2O3/c1-2-14-23-18(13-12-15-8-4-3-5-9-15)19(22(23)27)24-20(25)16-10-6-7-11-17(16)21(24)26/h2-14,18-19H,1H3/b13-12+,14-2+/t18-,19+/m1/s1. The lowest BCUT2D eigenvalue weighted by atomic mass is 9.92. The molecule has 5 heteroatoms. The van der Waals surface area contributed by atoms with Crippen molar-refractivity contribution < 1.29 is 14.4 Å². The summed E-state index contributed by atoms with van der Waals surface area (Å²) >= 11 is 0. The Hall–Kier alpha value is -3.47. The number of β-lactam (4-membered cyclic amide) rings is 1. The van der Waals surface area contributed by atoms with E-state index in [4.69, 9.17) is 0 Å². The Balaban J connectivity index is 1.67. The van der Waals surface area contributed by atoms with Crippen LogP contribution in [0.5, 0.6) is 0 Å². The first-order valence-electron chi connectivity index (χ1n) is 8.78. The molecule has 0 bridgehead atoms. The predicted molar refractivity (Wildman–Crippen MR) is 102 cm³/mol. The second kappa shape index (κ2) is 6.68. The highest BCUT2D eigenvalue weighted by atomic mass is 16.2. The highest BCUT2D eigenvalue weighted by Crippen LogP contribution is 2.33. The van der Waals surface area contributed by atoms with E-state index in [1.54, 1.807) is 41.4 Å². The van der Waals surface area contributed by atoms with Gasteiger partial charge in [-0.15, -0.1) is 0 Å². The quantitative estimate of drug-likeness (QED) is 0.623. The van der Waals surface area contributed by atoms with E-state index in [0.29, 0.717) is 11.1 Å². The van der Waals surface area contributed by atoms with E-state index in [9.17, 15) is 14.4 Å². The summed E-state index contributed by atoms with van der Waals surface area (Å²) in [5.41, 5.74) is 1.69. The lowest BCUT2D eigenvalue weighted by Gasteiger charge is -2.46. The van der Waals surface area contributed by atoms with Crippen molar-refractivity contribution in [2.45, 2.75) is 19.0 Å². The Morgan fingerprint density at radius 3 is 2.04 bits per heavy atom. The van der Waals surface area contributed by atoms with Gasteiger partial charge in [-0.05, 0) is 24.6 Å². The van der Waals surface area contributed by atoms with Crippen LogP contribution in [-0.4, -0.2) is 39.6 Å². The molecule has 0 saturated carbocycles. The van der Waals surface area contributed by atoms with Crippen LogP contribution >= 0.6 is 0 Å². The third-order valence-electron chi connectivity index (χ3n) is 4.85. The summed E-state index contributed by atoms with van der Waals surface area (Å²) in [6, 6.07) is 15.1. The fourth-order valence-electron chi connectivity index (χ4n) is 3.54. The van der Waals surface area contributed by atoms with Crippen molar-refractivity contribution in [1.29, 1.82) is 0 Å². The van der Waals surface area contributed by atoms with E-state index in [1.807, 2.05) is 49.4 Å². The molecule has 0 spiro atoms. The molecule has 134 valence electrons. The maximum absolute atomic E-state index is 12.8. The molecule has 27 heavy (non-hydrogen) atoms. The van der Waals surface area contributed by atoms with Gasteiger partial charge in [-0.25, -0.2) is 0 Å². The third-order valence-corrected chi connectivity index (χ3v) is 4.85. The van der Waals surface area contributed by atoms with E-state index in [-0.39, 0.29) is 5.91 Å². The molecule has 1 fully saturated rings. The summed E-state index contributed by atoms with van der Waals surface area (Å²) in [4.78, 5) is 40.9. The zero-order chi connectivity index (χ0) is 19.0. The van der Waals surface area contributed by atoms with Gasteiger partial charge in [0.1, 0.15) is 6.04 Å². The molecule has 0 radical (unpaired) electrons. The third kappa shape index (κ3) is 2.68. The molecule has 2 aliphatic rings. The van der Waals surface area contributed by atoms with Crippen molar-refractivity contribution >= 4 is 23.8 Å². The Morgan fingerprint density at radius 2 is 1.44 bits per heavy atom. The number of imide groups is 1. The number of carbonyl (C=O) groups is 3. The molecule has 2 aromatic carbocycles. The summed E-state index contributed by atoms with van der Waals surface area (Å²) < 4.78 is 0. The summed E-state index contributed by atoms with van der Waals surface area (Å²) in [6.45, 7) is 1.82. The van der Waals surface area contributed by atoms with Gasteiger partial charge < -0.3 is 4.90 Å². The molecule has 0 N–H and O–H groups in total. The highest BCUT2D eigenvalue weighted by Gasteiger charge is 2.54. The minimum absolute atomic E-state index is 0.259. The fourth-order valence-corrected chi connectivity index (χ4v) is 3.54. The van der Waals surface area contributed by atoms with Crippen LogP contribution in [0.25, 0.3) is 6.08 Å². The fraction of sp³-hybridized carbons (Fsp3) is 0.136. The van der Waals surface area contributed by atoms with Crippen LogP contribution < -0.4 is 0 Å². The second-order valence-electron chi connectivity index (χ2n) is 6.46. The molecule has 0 aromatic heterocycles. The second-order valence-corrected chi connectivity index (χ2v) is 6.46. The Kier molecular flexibility index (Phi) is 4.20. The van der Waals surface area contributed by atoms with Gasteiger partial charge in [0.05, 0.1) is 17.2 Å². The van der Waals surface area contributed by atoms with Gasteiger partial charge in [-0.3, -0.25) is 19.3 Å². The first-order chi connectivity index (χ1) is 13.1. The number of fused-ring (bicyclic) bond motifs is 1. The van der Waals surface area contributed by atoms with Crippen LogP contribution in [0.3, 0.4) is 0 Å². The van der Waals surface area contributed by atoms with E-state index in [2.05, 4.69) is 0 Å². The van der Waals surface area contributed by atoms with Crippen molar-refractivity contribution in [3.8, 4) is 0 Å². The van der Waals surface area contributed by atoms with E-state index >= 15 is 0 Å². The van der Waals surface area contributed by atoms with Crippen LogP contribution in [0, 0.1) is 0 Å². The first-order valence-corrected chi connectivity index (χ1v) is 8.78. The van der Waals surface area contributed by atoms with Crippen molar-refractivity contribution in [1.82, 2.24) is 9.80 Å². The van der Waals surface area contributed by atoms with E-state index in [1.165, 1.54) is 0 Å². The molecule has 1 saturated heterocycles. The zero-order valence-corrected chi connectivity index (χ0v) is 14.8. The van der Waals surface area contributed by atoms with Crippen LogP contribution in [0.1, 0.15) is 33.2 Å². The average Bonchev–Trinajstić information content (AvgIpc) is 2.95. The summed E-state index contributed by atoms with van der Waals surface area (Å²) in [5.74, 6) is -1.08.